The third-order valence-electron chi connectivity index (χ3n) is 4.17. The van der Waals surface area contributed by atoms with Crippen molar-refractivity contribution in [3.8, 4) is 11.5 Å². The highest BCUT2D eigenvalue weighted by atomic mass is 16.6. The lowest BCUT2D eigenvalue weighted by atomic mass is 10.1. The van der Waals surface area contributed by atoms with Crippen molar-refractivity contribution >= 4 is 23.2 Å². The summed E-state index contributed by atoms with van der Waals surface area (Å²) in [6.07, 6.45) is 1.39. The molecule has 4 N–H and O–H groups in total. The van der Waals surface area contributed by atoms with Gasteiger partial charge in [-0.3, -0.25) is 9.59 Å². The van der Waals surface area contributed by atoms with E-state index in [1.165, 1.54) is 0 Å². The van der Waals surface area contributed by atoms with Gasteiger partial charge in [0.25, 0.3) is 5.91 Å². The van der Waals surface area contributed by atoms with E-state index >= 15 is 0 Å². The molecule has 2 amide bonds. The maximum Gasteiger partial charge on any atom is 0.257 e. The van der Waals surface area contributed by atoms with Gasteiger partial charge in [0.15, 0.2) is 11.5 Å². The Labute approximate surface area is 157 Å². The Balaban J connectivity index is 1.74. The minimum atomic E-state index is -0.607. The highest BCUT2D eigenvalue weighted by molar-refractivity contribution is 6.10. The van der Waals surface area contributed by atoms with Crippen LogP contribution < -0.4 is 25.8 Å². The number of rotatable bonds is 6. The van der Waals surface area contributed by atoms with Crippen LogP contribution in [0.4, 0.5) is 11.4 Å². The Bertz CT molecular complexity index is 838. The number of hydrogen-bond donors (Lipinski definition) is 3. The van der Waals surface area contributed by atoms with Gasteiger partial charge in [-0.15, -0.1) is 0 Å². The molecule has 7 nitrogen and oxygen atoms in total. The van der Waals surface area contributed by atoms with E-state index in [4.69, 9.17) is 15.2 Å². The summed E-state index contributed by atoms with van der Waals surface area (Å²) in [6.45, 7) is 2.94. The molecule has 1 aliphatic heterocycles. The van der Waals surface area contributed by atoms with Crippen molar-refractivity contribution in [2.24, 2.45) is 5.73 Å². The molecule has 1 atom stereocenters. The highest BCUT2D eigenvalue weighted by Crippen LogP contribution is 2.32. The Kier molecular flexibility index (Phi) is 5.93. The van der Waals surface area contributed by atoms with Crippen LogP contribution in [0.1, 0.15) is 30.1 Å². The van der Waals surface area contributed by atoms with Gasteiger partial charge < -0.3 is 25.8 Å². The van der Waals surface area contributed by atoms with Gasteiger partial charge in [-0.05, 0) is 30.7 Å². The molecule has 0 saturated heterocycles. The fourth-order valence-electron chi connectivity index (χ4n) is 2.78. The van der Waals surface area contributed by atoms with Gasteiger partial charge in [0.2, 0.25) is 5.91 Å². The van der Waals surface area contributed by atoms with Crippen molar-refractivity contribution in [2.75, 3.05) is 23.8 Å². The number of fused-ring (bicyclic) bond motifs is 1. The molecule has 7 heteroatoms. The fourth-order valence-corrected chi connectivity index (χ4v) is 2.78. The summed E-state index contributed by atoms with van der Waals surface area (Å²) in [7, 11) is 0. The molecule has 0 saturated carbocycles. The average molecular weight is 369 g/mol. The molecule has 0 radical (unpaired) electrons. The van der Waals surface area contributed by atoms with Crippen molar-refractivity contribution in [1.82, 2.24) is 0 Å². The number of nitrogens with two attached hydrogens (primary N) is 1. The predicted molar refractivity (Wildman–Crippen MR) is 103 cm³/mol. The monoisotopic (exact) mass is 369 g/mol. The Morgan fingerprint density at radius 2 is 1.81 bits per heavy atom. The summed E-state index contributed by atoms with van der Waals surface area (Å²) >= 11 is 0. The quantitative estimate of drug-likeness (QED) is 0.727. The minimum Gasteiger partial charge on any atom is -0.486 e. The molecule has 2 aromatic rings. The van der Waals surface area contributed by atoms with Crippen LogP contribution in [0.5, 0.6) is 11.5 Å². The molecule has 3 rings (SSSR count). The second kappa shape index (κ2) is 8.55. The van der Waals surface area contributed by atoms with Crippen molar-refractivity contribution in [3.63, 3.8) is 0 Å². The first-order chi connectivity index (χ1) is 13.1. The number of hydrogen-bond acceptors (Lipinski definition) is 5. The maximum atomic E-state index is 12.7. The van der Waals surface area contributed by atoms with Gasteiger partial charge in [-0.2, -0.15) is 0 Å². The maximum absolute atomic E-state index is 12.7. The number of ether oxygens (including phenoxy) is 2. The lowest BCUT2D eigenvalue weighted by molar-refractivity contribution is -0.117. The first-order valence-electron chi connectivity index (χ1n) is 8.95. The van der Waals surface area contributed by atoms with E-state index in [-0.39, 0.29) is 11.8 Å². The van der Waals surface area contributed by atoms with E-state index in [9.17, 15) is 9.59 Å². The van der Waals surface area contributed by atoms with Crippen LogP contribution in [0.25, 0.3) is 0 Å². The van der Waals surface area contributed by atoms with Crippen molar-refractivity contribution < 1.29 is 19.1 Å². The van der Waals surface area contributed by atoms with Crippen LogP contribution in [0.3, 0.4) is 0 Å². The molecule has 1 aliphatic rings. The van der Waals surface area contributed by atoms with Gasteiger partial charge in [0.05, 0.1) is 17.3 Å². The third kappa shape index (κ3) is 4.57. The fraction of sp³-hybridized carbons (Fsp3) is 0.300. The molecule has 0 aromatic heterocycles. The molecule has 1 unspecified atom stereocenters. The molecular weight excluding hydrogens is 346 g/mol. The smallest absolute Gasteiger partial charge is 0.257 e. The Hall–Kier alpha value is -3.06. The summed E-state index contributed by atoms with van der Waals surface area (Å²) in [4.78, 5) is 24.9. The molecule has 0 fully saturated rings. The third-order valence-corrected chi connectivity index (χ3v) is 4.17. The zero-order valence-electron chi connectivity index (χ0n) is 15.2. The average Bonchev–Trinajstić information content (AvgIpc) is 2.68. The Morgan fingerprint density at radius 1 is 1.07 bits per heavy atom. The highest BCUT2D eigenvalue weighted by Gasteiger charge is 2.18. The van der Waals surface area contributed by atoms with Crippen LogP contribution in [0.15, 0.2) is 42.5 Å². The van der Waals surface area contributed by atoms with E-state index in [2.05, 4.69) is 10.6 Å². The number of amides is 2. The van der Waals surface area contributed by atoms with E-state index in [0.717, 1.165) is 6.42 Å². The summed E-state index contributed by atoms with van der Waals surface area (Å²) < 4.78 is 11.0. The first-order valence-corrected chi connectivity index (χ1v) is 8.95. The van der Waals surface area contributed by atoms with Gasteiger partial charge in [-0.1, -0.05) is 25.5 Å². The molecule has 142 valence electrons. The molecular formula is C20H23N3O4. The standard InChI is InChI=1S/C20H23N3O4/c1-2-5-15(21)20(25)23-16-7-4-3-6-14(16)19(24)22-13-8-9-17-18(12-13)27-11-10-26-17/h3-4,6-9,12,15H,2,5,10-11,21H2,1H3,(H,22,24)(H,23,25). The first kappa shape index (κ1) is 18.7. The molecule has 27 heavy (non-hydrogen) atoms. The van der Waals surface area contributed by atoms with E-state index < -0.39 is 6.04 Å². The van der Waals surface area contributed by atoms with Crippen LogP contribution >= 0.6 is 0 Å². The number of benzene rings is 2. The van der Waals surface area contributed by atoms with E-state index in [0.29, 0.717) is 48.1 Å². The normalized spacial score (nSPS) is 13.6. The number of carbonyl (C=O) groups excluding carboxylic acids is 2. The number of carbonyl (C=O) groups is 2. The van der Waals surface area contributed by atoms with Crippen LogP contribution in [-0.2, 0) is 4.79 Å². The molecule has 0 spiro atoms. The predicted octanol–water partition coefficient (Wildman–Crippen LogP) is 2.78. The molecule has 2 aromatic carbocycles. The summed E-state index contributed by atoms with van der Waals surface area (Å²) in [6, 6.07) is 11.4. The second-order valence-corrected chi connectivity index (χ2v) is 6.24. The van der Waals surface area contributed by atoms with E-state index in [1.54, 1.807) is 42.5 Å². The topological polar surface area (TPSA) is 103 Å². The second-order valence-electron chi connectivity index (χ2n) is 6.24. The van der Waals surface area contributed by atoms with Gasteiger partial charge in [0.1, 0.15) is 13.2 Å². The van der Waals surface area contributed by atoms with Gasteiger partial charge in [0, 0.05) is 11.8 Å². The Morgan fingerprint density at radius 3 is 2.59 bits per heavy atom. The van der Waals surface area contributed by atoms with Crippen LogP contribution in [0.2, 0.25) is 0 Å². The van der Waals surface area contributed by atoms with Crippen molar-refractivity contribution in [1.29, 1.82) is 0 Å². The van der Waals surface area contributed by atoms with Crippen LogP contribution in [0, 0.1) is 0 Å². The summed E-state index contributed by atoms with van der Waals surface area (Å²) in [5, 5.41) is 5.56. The zero-order valence-corrected chi connectivity index (χ0v) is 15.2. The molecule has 0 aliphatic carbocycles. The summed E-state index contributed by atoms with van der Waals surface area (Å²) in [5.41, 5.74) is 7.20. The minimum absolute atomic E-state index is 0.309. The van der Waals surface area contributed by atoms with Gasteiger partial charge in [-0.25, -0.2) is 0 Å². The lowest BCUT2D eigenvalue weighted by Gasteiger charge is -2.19. The number of anilines is 2. The number of nitrogens with one attached hydrogen (secondary N) is 2. The number of para-hydroxylation sites is 1. The van der Waals surface area contributed by atoms with Crippen LogP contribution in [-0.4, -0.2) is 31.1 Å². The largest absolute Gasteiger partial charge is 0.486 e. The van der Waals surface area contributed by atoms with Crippen molar-refractivity contribution in [3.05, 3.63) is 48.0 Å². The zero-order chi connectivity index (χ0) is 19.2. The van der Waals surface area contributed by atoms with Crippen molar-refractivity contribution in [2.45, 2.75) is 25.8 Å². The molecule has 0 bridgehead atoms. The lowest BCUT2D eigenvalue weighted by Crippen LogP contribution is -2.35. The SMILES string of the molecule is CCCC(N)C(=O)Nc1ccccc1C(=O)Nc1ccc2c(c1)OCCO2. The summed E-state index contributed by atoms with van der Waals surface area (Å²) in [5.74, 6) is 0.589. The molecule has 1 heterocycles. The van der Waals surface area contributed by atoms with E-state index in [1.807, 2.05) is 6.92 Å². The van der Waals surface area contributed by atoms with Gasteiger partial charge >= 0.3 is 0 Å².